The van der Waals surface area contributed by atoms with Crippen molar-refractivity contribution in [3.8, 4) is 22.4 Å². The number of nitrogens with one attached hydrogen (secondary N) is 2. The number of halogens is 2. The highest BCUT2D eigenvalue weighted by atomic mass is 19.3. The van der Waals surface area contributed by atoms with Crippen molar-refractivity contribution >= 4 is 17.6 Å². The third-order valence-electron chi connectivity index (χ3n) is 7.53. The minimum Gasteiger partial charge on any atom is -0.348 e. The first-order valence-corrected chi connectivity index (χ1v) is 13.0. The highest BCUT2D eigenvalue weighted by Crippen LogP contribution is 2.43. The van der Waals surface area contributed by atoms with Crippen LogP contribution in [-0.2, 0) is 15.1 Å². The topological polar surface area (TPSA) is 110 Å². The van der Waals surface area contributed by atoms with Gasteiger partial charge in [0, 0.05) is 29.1 Å². The van der Waals surface area contributed by atoms with Gasteiger partial charge in [-0.2, -0.15) is 8.78 Å². The number of carbonyl (C=O) groups is 2. The van der Waals surface area contributed by atoms with Crippen molar-refractivity contribution in [3.05, 3.63) is 66.2 Å². The zero-order valence-electron chi connectivity index (χ0n) is 21.0. The maximum Gasteiger partial charge on any atom is 0.315 e. The number of benzene rings is 2. The molecule has 4 N–H and O–H groups in total. The lowest BCUT2D eigenvalue weighted by atomic mass is 9.84. The van der Waals surface area contributed by atoms with E-state index >= 15 is 0 Å². The van der Waals surface area contributed by atoms with Crippen LogP contribution in [0.3, 0.4) is 0 Å². The molecule has 0 atom stereocenters. The van der Waals surface area contributed by atoms with E-state index in [0.717, 1.165) is 35.1 Å². The standard InChI is InChI=1S/C29H31F2N5O2/c30-27(31)28(38)33-22-12-6-18(7-13-22)16-25(37)34-24-17-23(19-4-2-1-3-5-19)26(36-35-24)20-8-10-21(11-9-20)29(32)14-15-29/h1-5,8-11,17-18,22,27H,6-7,12-16,32H2,(H,33,38)(H,34,35,37). The van der Waals surface area contributed by atoms with Gasteiger partial charge in [0.15, 0.2) is 5.82 Å². The largest absolute Gasteiger partial charge is 0.348 e. The summed E-state index contributed by atoms with van der Waals surface area (Å²) >= 11 is 0. The lowest BCUT2D eigenvalue weighted by molar-refractivity contribution is -0.132. The van der Waals surface area contributed by atoms with E-state index in [1.807, 2.05) is 60.7 Å². The number of carbonyl (C=O) groups excluding carboxylic acids is 2. The third-order valence-corrected chi connectivity index (χ3v) is 7.53. The highest BCUT2D eigenvalue weighted by molar-refractivity contribution is 5.91. The summed E-state index contributed by atoms with van der Waals surface area (Å²) < 4.78 is 25.0. The molecule has 0 bridgehead atoms. The van der Waals surface area contributed by atoms with E-state index in [-0.39, 0.29) is 23.4 Å². The second-order valence-corrected chi connectivity index (χ2v) is 10.4. The molecular weight excluding hydrogens is 488 g/mol. The van der Waals surface area contributed by atoms with Gasteiger partial charge in [-0.05, 0) is 61.6 Å². The maximum atomic E-state index is 12.8. The first kappa shape index (κ1) is 25.9. The molecule has 0 spiro atoms. The van der Waals surface area contributed by atoms with Crippen molar-refractivity contribution in [2.75, 3.05) is 5.32 Å². The van der Waals surface area contributed by atoms with Crippen LogP contribution in [0.2, 0.25) is 0 Å². The van der Waals surface area contributed by atoms with Crippen molar-refractivity contribution in [2.45, 2.75) is 63.0 Å². The van der Waals surface area contributed by atoms with Crippen molar-refractivity contribution in [2.24, 2.45) is 11.7 Å². The lowest BCUT2D eigenvalue weighted by Gasteiger charge is -2.28. The molecule has 2 aliphatic carbocycles. The van der Waals surface area contributed by atoms with Gasteiger partial charge in [0.25, 0.3) is 5.91 Å². The molecule has 2 saturated carbocycles. The second kappa shape index (κ2) is 10.9. The molecule has 1 aromatic heterocycles. The van der Waals surface area contributed by atoms with E-state index < -0.39 is 12.3 Å². The number of nitrogens with two attached hydrogens (primary N) is 1. The molecule has 5 rings (SSSR count). The molecule has 9 heteroatoms. The van der Waals surface area contributed by atoms with Crippen LogP contribution in [0.5, 0.6) is 0 Å². The van der Waals surface area contributed by atoms with Crippen LogP contribution in [0.1, 0.15) is 50.5 Å². The predicted octanol–water partition coefficient (Wildman–Crippen LogP) is 5.03. The van der Waals surface area contributed by atoms with Gasteiger partial charge < -0.3 is 16.4 Å². The molecule has 2 amide bonds. The predicted molar refractivity (Wildman–Crippen MR) is 141 cm³/mol. The summed E-state index contributed by atoms with van der Waals surface area (Å²) in [6.45, 7) is 0. The van der Waals surface area contributed by atoms with Crippen LogP contribution >= 0.6 is 0 Å². The Morgan fingerprint density at radius 1 is 0.947 bits per heavy atom. The van der Waals surface area contributed by atoms with Crippen molar-refractivity contribution in [1.29, 1.82) is 0 Å². The Balaban J connectivity index is 1.26. The van der Waals surface area contributed by atoms with Crippen LogP contribution < -0.4 is 16.4 Å². The third kappa shape index (κ3) is 6.05. The molecule has 3 aromatic rings. The van der Waals surface area contributed by atoms with E-state index in [4.69, 9.17) is 5.73 Å². The SMILES string of the molecule is NC1(c2ccc(-c3nnc(NC(=O)CC4CCC(NC(=O)C(F)F)CC4)cc3-c3ccccc3)cc2)CC1. The number of alkyl halides is 2. The number of amides is 2. The van der Waals surface area contributed by atoms with Gasteiger partial charge in [-0.3, -0.25) is 9.59 Å². The molecule has 2 aliphatic rings. The molecule has 38 heavy (non-hydrogen) atoms. The summed E-state index contributed by atoms with van der Waals surface area (Å²) in [5.41, 5.74) is 10.7. The monoisotopic (exact) mass is 519 g/mol. The Hall–Kier alpha value is -3.72. The van der Waals surface area contributed by atoms with Gasteiger partial charge >= 0.3 is 6.43 Å². The quantitative estimate of drug-likeness (QED) is 0.387. The summed E-state index contributed by atoms with van der Waals surface area (Å²) in [5, 5.41) is 14.0. The molecule has 0 aliphatic heterocycles. The zero-order chi connectivity index (χ0) is 26.7. The van der Waals surface area contributed by atoms with E-state index in [1.165, 1.54) is 0 Å². The van der Waals surface area contributed by atoms with Crippen molar-refractivity contribution in [1.82, 2.24) is 15.5 Å². The Labute approximate surface area is 220 Å². The van der Waals surface area contributed by atoms with Crippen LogP contribution in [0, 0.1) is 5.92 Å². The maximum absolute atomic E-state index is 12.8. The molecule has 2 fully saturated rings. The van der Waals surface area contributed by atoms with Gasteiger partial charge in [-0.25, -0.2) is 0 Å². The molecule has 0 radical (unpaired) electrons. The number of aromatic nitrogens is 2. The summed E-state index contributed by atoms with van der Waals surface area (Å²) in [7, 11) is 0. The van der Waals surface area contributed by atoms with Gasteiger partial charge in [0.2, 0.25) is 5.91 Å². The molecule has 2 aromatic carbocycles. The van der Waals surface area contributed by atoms with Crippen LogP contribution in [0.25, 0.3) is 22.4 Å². The average Bonchev–Trinajstić information content (AvgIpc) is 3.68. The molecular formula is C29H31F2N5O2. The Morgan fingerprint density at radius 3 is 2.26 bits per heavy atom. The minimum absolute atomic E-state index is 0.117. The summed E-state index contributed by atoms with van der Waals surface area (Å²) in [6, 6.07) is 19.5. The Bertz CT molecular complexity index is 1290. The smallest absolute Gasteiger partial charge is 0.315 e. The minimum atomic E-state index is -3.01. The first-order chi connectivity index (χ1) is 18.3. The fourth-order valence-electron chi connectivity index (χ4n) is 5.12. The molecule has 1 heterocycles. The molecule has 198 valence electrons. The van der Waals surface area contributed by atoms with E-state index in [9.17, 15) is 18.4 Å². The number of nitrogens with zero attached hydrogens (tertiary/aromatic N) is 2. The van der Waals surface area contributed by atoms with Crippen LogP contribution in [0.15, 0.2) is 60.7 Å². The van der Waals surface area contributed by atoms with E-state index in [2.05, 4.69) is 20.8 Å². The summed E-state index contributed by atoms with van der Waals surface area (Å²) in [5.74, 6) is -0.921. The van der Waals surface area contributed by atoms with Gasteiger partial charge in [-0.15, -0.1) is 10.2 Å². The van der Waals surface area contributed by atoms with Crippen LogP contribution in [-0.4, -0.2) is 34.5 Å². The van der Waals surface area contributed by atoms with Gasteiger partial charge in [-0.1, -0.05) is 54.6 Å². The van der Waals surface area contributed by atoms with Crippen molar-refractivity contribution < 1.29 is 18.4 Å². The number of anilines is 1. The molecule has 0 unspecified atom stereocenters. The number of hydrogen-bond acceptors (Lipinski definition) is 5. The normalized spacial score (nSPS) is 20.1. The highest BCUT2D eigenvalue weighted by Gasteiger charge is 2.39. The summed E-state index contributed by atoms with van der Waals surface area (Å²) in [6.07, 6.45) is 1.79. The first-order valence-electron chi connectivity index (χ1n) is 13.0. The van der Waals surface area contributed by atoms with Gasteiger partial charge in [0.05, 0.1) is 0 Å². The number of hydrogen-bond donors (Lipinski definition) is 3. The Morgan fingerprint density at radius 2 is 1.63 bits per heavy atom. The van der Waals surface area contributed by atoms with Crippen molar-refractivity contribution in [3.63, 3.8) is 0 Å². The molecule has 0 saturated heterocycles. The average molecular weight is 520 g/mol. The van der Waals surface area contributed by atoms with E-state index in [1.54, 1.807) is 0 Å². The fraction of sp³-hybridized carbons (Fsp3) is 0.379. The lowest BCUT2D eigenvalue weighted by Crippen LogP contribution is -2.40. The summed E-state index contributed by atoms with van der Waals surface area (Å²) in [4.78, 5) is 24.0. The van der Waals surface area contributed by atoms with Gasteiger partial charge in [0.1, 0.15) is 5.69 Å². The zero-order valence-corrected chi connectivity index (χ0v) is 21.0. The second-order valence-electron chi connectivity index (χ2n) is 10.4. The number of rotatable bonds is 8. The van der Waals surface area contributed by atoms with E-state index in [0.29, 0.717) is 43.6 Å². The van der Waals surface area contributed by atoms with Crippen LogP contribution in [0.4, 0.5) is 14.6 Å². The fourth-order valence-corrected chi connectivity index (χ4v) is 5.12. The molecule has 7 nitrogen and oxygen atoms in total. The Kier molecular flexibility index (Phi) is 7.46.